The Labute approximate surface area is 73.6 Å². The molecular formula is C9H17N3. The van der Waals surface area contributed by atoms with Gasteiger partial charge in [-0.3, -0.25) is 0 Å². The van der Waals surface area contributed by atoms with E-state index in [9.17, 15) is 0 Å². The van der Waals surface area contributed by atoms with Crippen LogP contribution in [-0.2, 0) is 0 Å². The maximum Gasteiger partial charge on any atom is 0.125 e. The van der Waals surface area contributed by atoms with Crippen molar-refractivity contribution in [1.82, 2.24) is 9.78 Å². The number of nitrogen functional groups attached to an aromatic ring is 1. The molecule has 2 N–H and O–H groups in total. The summed E-state index contributed by atoms with van der Waals surface area (Å²) in [7, 11) is 0. The van der Waals surface area contributed by atoms with Gasteiger partial charge in [0.1, 0.15) is 5.82 Å². The predicted octanol–water partition coefficient (Wildman–Crippen LogP) is 2.05. The highest BCUT2D eigenvalue weighted by Crippen LogP contribution is 2.20. The van der Waals surface area contributed by atoms with Crippen LogP contribution >= 0.6 is 0 Å². The number of rotatable bonds is 2. The molecule has 1 unspecified atom stereocenters. The van der Waals surface area contributed by atoms with Crippen LogP contribution in [0.2, 0.25) is 0 Å². The molecule has 0 saturated heterocycles. The van der Waals surface area contributed by atoms with Crippen molar-refractivity contribution in [2.75, 3.05) is 5.73 Å². The molecule has 0 spiro atoms. The van der Waals surface area contributed by atoms with Crippen LogP contribution in [0.1, 0.15) is 37.6 Å². The summed E-state index contributed by atoms with van der Waals surface area (Å²) < 4.78 is 1.91. The zero-order valence-corrected chi connectivity index (χ0v) is 8.26. The van der Waals surface area contributed by atoms with Gasteiger partial charge in [-0.2, -0.15) is 5.10 Å². The SMILES string of the molecule is CCC(C)n1nc(C)c(C)c1N. The van der Waals surface area contributed by atoms with Gasteiger partial charge in [-0.15, -0.1) is 0 Å². The molecule has 12 heavy (non-hydrogen) atoms. The van der Waals surface area contributed by atoms with E-state index in [0.717, 1.165) is 23.5 Å². The number of nitrogens with zero attached hydrogens (tertiary/aromatic N) is 2. The second-order valence-electron chi connectivity index (χ2n) is 3.30. The number of nitrogens with two attached hydrogens (primary N) is 1. The van der Waals surface area contributed by atoms with Crippen molar-refractivity contribution in [3.8, 4) is 0 Å². The smallest absolute Gasteiger partial charge is 0.125 e. The minimum atomic E-state index is 0.400. The summed E-state index contributed by atoms with van der Waals surface area (Å²) in [5.41, 5.74) is 8.02. The van der Waals surface area contributed by atoms with Crippen molar-refractivity contribution >= 4 is 5.82 Å². The molecule has 1 aromatic rings. The Morgan fingerprint density at radius 1 is 1.50 bits per heavy atom. The fourth-order valence-corrected chi connectivity index (χ4v) is 1.16. The van der Waals surface area contributed by atoms with E-state index in [1.54, 1.807) is 0 Å². The average Bonchev–Trinajstić information content (AvgIpc) is 2.32. The predicted molar refractivity (Wildman–Crippen MR) is 51.1 cm³/mol. The Morgan fingerprint density at radius 3 is 2.42 bits per heavy atom. The molecule has 0 bridgehead atoms. The van der Waals surface area contributed by atoms with Gasteiger partial charge < -0.3 is 5.73 Å². The summed E-state index contributed by atoms with van der Waals surface area (Å²) in [4.78, 5) is 0. The fourth-order valence-electron chi connectivity index (χ4n) is 1.16. The molecule has 0 saturated carbocycles. The van der Waals surface area contributed by atoms with E-state index in [1.165, 1.54) is 0 Å². The van der Waals surface area contributed by atoms with Crippen LogP contribution in [0, 0.1) is 13.8 Å². The topological polar surface area (TPSA) is 43.8 Å². The molecule has 0 amide bonds. The Hall–Kier alpha value is -0.990. The van der Waals surface area contributed by atoms with Gasteiger partial charge in [0.2, 0.25) is 0 Å². The third-order valence-corrected chi connectivity index (χ3v) is 2.44. The first-order valence-corrected chi connectivity index (χ1v) is 4.39. The van der Waals surface area contributed by atoms with Crippen LogP contribution in [0.5, 0.6) is 0 Å². The van der Waals surface area contributed by atoms with Gasteiger partial charge in [-0.05, 0) is 27.2 Å². The molecule has 0 aliphatic heterocycles. The lowest BCUT2D eigenvalue weighted by molar-refractivity contribution is 0.482. The Morgan fingerprint density at radius 2 is 2.08 bits per heavy atom. The zero-order valence-electron chi connectivity index (χ0n) is 8.26. The summed E-state index contributed by atoms with van der Waals surface area (Å²) in [5.74, 6) is 0.807. The largest absolute Gasteiger partial charge is 0.384 e. The number of aryl methyl sites for hydroxylation is 1. The average molecular weight is 167 g/mol. The van der Waals surface area contributed by atoms with E-state index in [-0.39, 0.29) is 0 Å². The van der Waals surface area contributed by atoms with Gasteiger partial charge in [-0.25, -0.2) is 4.68 Å². The van der Waals surface area contributed by atoms with Crippen molar-refractivity contribution in [2.24, 2.45) is 0 Å². The highest BCUT2D eigenvalue weighted by molar-refractivity contribution is 5.42. The molecule has 1 atom stereocenters. The molecule has 3 heteroatoms. The lowest BCUT2D eigenvalue weighted by Gasteiger charge is -2.10. The molecular weight excluding hydrogens is 150 g/mol. The minimum Gasteiger partial charge on any atom is -0.384 e. The molecule has 68 valence electrons. The van der Waals surface area contributed by atoms with E-state index in [2.05, 4.69) is 18.9 Å². The number of hydrogen-bond acceptors (Lipinski definition) is 2. The maximum atomic E-state index is 5.88. The molecule has 0 aliphatic carbocycles. The van der Waals surface area contributed by atoms with Gasteiger partial charge >= 0.3 is 0 Å². The zero-order chi connectivity index (χ0) is 9.30. The van der Waals surface area contributed by atoms with E-state index in [4.69, 9.17) is 5.73 Å². The third kappa shape index (κ3) is 1.31. The Kier molecular flexibility index (Phi) is 2.40. The Balaban J connectivity index is 3.08. The van der Waals surface area contributed by atoms with E-state index < -0.39 is 0 Å². The van der Waals surface area contributed by atoms with Gasteiger partial charge in [0.05, 0.1) is 11.7 Å². The lowest BCUT2D eigenvalue weighted by atomic mass is 10.2. The fraction of sp³-hybridized carbons (Fsp3) is 0.667. The number of aromatic nitrogens is 2. The second kappa shape index (κ2) is 3.17. The summed E-state index contributed by atoms with van der Waals surface area (Å²) in [6.45, 7) is 8.26. The highest BCUT2D eigenvalue weighted by Gasteiger charge is 2.11. The molecule has 1 rings (SSSR count). The van der Waals surface area contributed by atoms with Crippen LogP contribution in [0.15, 0.2) is 0 Å². The van der Waals surface area contributed by atoms with Crippen molar-refractivity contribution in [3.05, 3.63) is 11.3 Å². The quantitative estimate of drug-likeness (QED) is 0.732. The van der Waals surface area contributed by atoms with Crippen LogP contribution in [0.4, 0.5) is 5.82 Å². The number of anilines is 1. The first-order chi connectivity index (χ1) is 5.57. The standard InChI is InChI=1S/C9H17N3/c1-5-6(2)12-9(10)7(3)8(4)11-12/h6H,5,10H2,1-4H3. The first kappa shape index (κ1) is 9.10. The van der Waals surface area contributed by atoms with E-state index in [0.29, 0.717) is 6.04 Å². The van der Waals surface area contributed by atoms with E-state index in [1.807, 2.05) is 18.5 Å². The highest BCUT2D eigenvalue weighted by atomic mass is 15.3. The van der Waals surface area contributed by atoms with Crippen LogP contribution < -0.4 is 5.73 Å². The number of hydrogen-bond donors (Lipinski definition) is 1. The molecule has 1 heterocycles. The second-order valence-corrected chi connectivity index (χ2v) is 3.30. The van der Waals surface area contributed by atoms with Gasteiger partial charge in [0.15, 0.2) is 0 Å². The van der Waals surface area contributed by atoms with Crippen molar-refractivity contribution in [3.63, 3.8) is 0 Å². The van der Waals surface area contributed by atoms with E-state index >= 15 is 0 Å². The van der Waals surface area contributed by atoms with Gasteiger partial charge in [-0.1, -0.05) is 6.92 Å². The monoisotopic (exact) mass is 167 g/mol. The van der Waals surface area contributed by atoms with Crippen molar-refractivity contribution < 1.29 is 0 Å². The van der Waals surface area contributed by atoms with Crippen molar-refractivity contribution in [2.45, 2.75) is 40.2 Å². The van der Waals surface area contributed by atoms with Crippen molar-refractivity contribution in [1.29, 1.82) is 0 Å². The molecule has 0 radical (unpaired) electrons. The first-order valence-electron chi connectivity index (χ1n) is 4.39. The third-order valence-electron chi connectivity index (χ3n) is 2.44. The summed E-state index contributed by atoms with van der Waals surface area (Å²) in [5, 5.41) is 4.37. The van der Waals surface area contributed by atoms with Crippen LogP contribution in [0.25, 0.3) is 0 Å². The van der Waals surface area contributed by atoms with Gasteiger partial charge in [0, 0.05) is 5.56 Å². The lowest BCUT2D eigenvalue weighted by Crippen LogP contribution is -2.09. The molecule has 1 aromatic heterocycles. The molecule has 0 aromatic carbocycles. The van der Waals surface area contributed by atoms with Crippen LogP contribution in [-0.4, -0.2) is 9.78 Å². The summed E-state index contributed by atoms with van der Waals surface area (Å²) in [6.07, 6.45) is 1.06. The summed E-state index contributed by atoms with van der Waals surface area (Å²) in [6, 6.07) is 0.400. The maximum absolute atomic E-state index is 5.88. The Bertz CT molecular complexity index is 276. The molecule has 3 nitrogen and oxygen atoms in total. The van der Waals surface area contributed by atoms with Crippen LogP contribution in [0.3, 0.4) is 0 Å². The molecule has 0 fully saturated rings. The normalized spacial score (nSPS) is 13.3. The minimum absolute atomic E-state index is 0.400. The summed E-state index contributed by atoms with van der Waals surface area (Å²) >= 11 is 0. The van der Waals surface area contributed by atoms with Gasteiger partial charge in [0.25, 0.3) is 0 Å². The molecule has 0 aliphatic rings.